The molecule has 0 saturated carbocycles. The second-order valence-corrected chi connectivity index (χ2v) is 9.45. The van der Waals surface area contributed by atoms with E-state index in [4.69, 9.17) is 0 Å². The van der Waals surface area contributed by atoms with Gasteiger partial charge < -0.3 is 0 Å². The molecule has 0 fully saturated rings. The Morgan fingerprint density at radius 3 is 0.938 bits per heavy atom. The van der Waals surface area contributed by atoms with Crippen molar-refractivity contribution in [3.8, 4) is 22.3 Å². The first kappa shape index (κ1) is 19.6. The van der Waals surface area contributed by atoms with Crippen LogP contribution in [0.1, 0.15) is 60.8 Å². The average molecular weight is 415 g/mol. The molecule has 0 N–H and O–H groups in total. The zero-order valence-electron chi connectivity index (χ0n) is 19.0. The van der Waals surface area contributed by atoms with Gasteiger partial charge in [-0.25, -0.2) is 0 Å². The predicted octanol–water partition coefficient (Wildman–Crippen LogP) is 8.66. The second-order valence-electron chi connectivity index (χ2n) is 9.45. The van der Waals surface area contributed by atoms with Crippen molar-refractivity contribution in [1.29, 1.82) is 0 Å². The van der Waals surface area contributed by atoms with Gasteiger partial charge in [0.2, 0.25) is 0 Å². The minimum Gasteiger partial charge on any atom is -0.0651 e. The molecule has 32 heavy (non-hydrogen) atoms. The maximum absolute atomic E-state index is 2.41. The van der Waals surface area contributed by atoms with Crippen LogP contribution < -0.4 is 0 Å². The van der Waals surface area contributed by atoms with E-state index in [1.165, 1.54) is 57.3 Å². The van der Waals surface area contributed by atoms with Crippen LogP contribution in [-0.4, -0.2) is 0 Å². The molecule has 0 aromatic heterocycles. The van der Waals surface area contributed by atoms with Crippen LogP contribution in [0.25, 0.3) is 22.3 Å². The molecule has 0 heterocycles. The molecule has 2 unspecified atom stereocenters. The van der Waals surface area contributed by atoms with Crippen molar-refractivity contribution in [2.24, 2.45) is 11.8 Å². The lowest BCUT2D eigenvalue weighted by atomic mass is 9.67. The lowest BCUT2D eigenvalue weighted by molar-refractivity contribution is 0.262. The van der Waals surface area contributed by atoms with Crippen LogP contribution in [0.3, 0.4) is 0 Å². The minimum atomic E-state index is 0.470. The van der Waals surface area contributed by atoms with Gasteiger partial charge in [0, 0.05) is 11.8 Å². The fraction of sp³-hybridized carbons (Fsp3) is 0.250. The van der Waals surface area contributed by atoms with Crippen LogP contribution >= 0.6 is 0 Å². The first-order valence-corrected chi connectivity index (χ1v) is 12.2. The molecular formula is C32H30. The molecule has 0 heteroatoms. The number of benzene rings is 4. The largest absolute Gasteiger partial charge is 0.0651 e. The van der Waals surface area contributed by atoms with Crippen molar-refractivity contribution in [3.63, 3.8) is 0 Å². The fourth-order valence-electron chi connectivity index (χ4n) is 6.88. The highest BCUT2D eigenvalue weighted by atomic mass is 14.5. The Balaban J connectivity index is 1.51. The maximum Gasteiger partial charge on any atom is 0.0133 e. The highest BCUT2D eigenvalue weighted by Gasteiger charge is 2.42. The van der Waals surface area contributed by atoms with Gasteiger partial charge in [0.05, 0.1) is 0 Å². The third-order valence-corrected chi connectivity index (χ3v) is 8.11. The van der Waals surface area contributed by atoms with Crippen molar-refractivity contribution < 1.29 is 0 Å². The van der Waals surface area contributed by atoms with Gasteiger partial charge in [-0.3, -0.25) is 0 Å². The van der Waals surface area contributed by atoms with Gasteiger partial charge >= 0.3 is 0 Å². The van der Waals surface area contributed by atoms with Gasteiger partial charge in [-0.1, -0.05) is 124 Å². The normalized spacial score (nSPS) is 16.2. The van der Waals surface area contributed by atoms with Crippen molar-refractivity contribution in [3.05, 3.63) is 119 Å². The van der Waals surface area contributed by atoms with E-state index in [0.29, 0.717) is 23.7 Å². The molecule has 4 aromatic rings. The molecule has 0 amide bonds. The summed E-state index contributed by atoms with van der Waals surface area (Å²) >= 11 is 0. The molecule has 6 rings (SSSR count). The Kier molecular flexibility index (Phi) is 4.76. The van der Waals surface area contributed by atoms with Crippen LogP contribution in [-0.2, 0) is 0 Å². The van der Waals surface area contributed by atoms with Crippen LogP contribution in [0.4, 0.5) is 0 Å². The van der Waals surface area contributed by atoms with Gasteiger partial charge in [-0.2, -0.15) is 0 Å². The van der Waals surface area contributed by atoms with E-state index in [0.717, 1.165) is 0 Å². The van der Waals surface area contributed by atoms with Gasteiger partial charge in [0.1, 0.15) is 0 Å². The highest BCUT2D eigenvalue weighted by molar-refractivity contribution is 5.80. The lowest BCUT2D eigenvalue weighted by Gasteiger charge is -2.36. The molecule has 0 radical (unpaired) electrons. The Hall–Kier alpha value is -3.12. The molecule has 4 aromatic carbocycles. The monoisotopic (exact) mass is 414 g/mol. The number of hydrogen-bond donors (Lipinski definition) is 0. The minimum absolute atomic E-state index is 0.470. The van der Waals surface area contributed by atoms with Crippen LogP contribution in [0, 0.1) is 11.8 Å². The molecule has 0 bridgehead atoms. The predicted molar refractivity (Wildman–Crippen MR) is 135 cm³/mol. The first-order valence-electron chi connectivity index (χ1n) is 12.2. The summed E-state index contributed by atoms with van der Waals surface area (Å²) in [6.07, 6.45) is 2.37. The molecule has 2 atom stereocenters. The second kappa shape index (κ2) is 7.78. The standard InChI is InChI=1S/C32H30/c1-3-21(31-27-17-9-5-13-23(27)24-14-6-10-18-28(24)31)22(4-2)32-29-19-11-7-15-25(29)26-16-8-12-20-30(26)32/h5-22,31-32H,3-4H2,1-2H3. The molecule has 158 valence electrons. The van der Waals surface area contributed by atoms with E-state index in [2.05, 4.69) is 111 Å². The zero-order valence-corrected chi connectivity index (χ0v) is 19.0. The average Bonchev–Trinajstić information content (AvgIpc) is 3.36. The summed E-state index contributed by atoms with van der Waals surface area (Å²) in [6.45, 7) is 4.81. The molecule has 2 aliphatic rings. The fourth-order valence-corrected chi connectivity index (χ4v) is 6.88. The first-order chi connectivity index (χ1) is 15.8. The summed E-state index contributed by atoms with van der Waals surface area (Å²) in [5, 5.41) is 0. The van der Waals surface area contributed by atoms with E-state index >= 15 is 0 Å². The van der Waals surface area contributed by atoms with Crippen molar-refractivity contribution in [1.82, 2.24) is 0 Å². The molecule has 0 saturated heterocycles. The summed E-state index contributed by atoms with van der Waals surface area (Å²) < 4.78 is 0. The van der Waals surface area contributed by atoms with Gasteiger partial charge in [-0.05, 0) is 56.3 Å². The Bertz CT molecular complexity index is 1090. The number of fused-ring (bicyclic) bond motifs is 6. The summed E-state index contributed by atoms with van der Waals surface area (Å²) in [5.74, 6) is 2.12. The Morgan fingerprint density at radius 1 is 0.438 bits per heavy atom. The van der Waals surface area contributed by atoms with E-state index in [1.807, 2.05) is 0 Å². The van der Waals surface area contributed by atoms with Crippen molar-refractivity contribution >= 4 is 0 Å². The van der Waals surface area contributed by atoms with Crippen LogP contribution in [0.5, 0.6) is 0 Å². The summed E-state index contributed by atoms with van der Waals surface area (Å²) in [7, 11) is 0. The van der Waals surface area contributed by atoms with Gasteiger partial charge in [0.15, 0.2) is 0 Å². The van der Waals surface area contributed by atoms with Gasteiger partial charge in [0.25, 0.3) is 0 Å². The van der Waals surface area contributed by atoms with E-state index in [1.54, 1.807) is 0 Å². The van der Waals surface area contributed by atoms with Crippen LogP contribution in [0.2, 0.25) is 0 Å². The van der Waals surface area contributed by atoms with Gasteiger partial charge in [-0.15, -0.1) is 0 Å². The lowest BCUT2D eigenvalue weighted by Crippen LogP contribution is -2.26. The molecule has 0 nitrogen and oxygen atoms in total. The Labute approximate surface area is 192 Å². The third-order valence-electron chi connectivity index (χ3n) is 8.11. The van der Waals surface area contributed by atoms with E-state index < -0.39 is 0 Å². The molecule has 0 spiro atoms. The summed E-state index contributed by atoms with van der Waals surface area (Å²) in [5.41, 5.74) is 11.9. The van der Waals surface area contributed by atoms with Crippen LogP contribution in [0.15, 0.2) is 97.1 Å². The molecular weight excluding hydrogens is 384 g/mol. The molecule has 0 aliphatic heterocycles. The third kappa shape index (κ3) is 2.75. The highest BCUT2D eigenvalue weighted by Crippen LogP contribution is 2.57. The zero-order chi connectivity index (χ0) is 21.7. The SMILES string of the molecule is CCC(C1c2ccccc2-c2ccccc21)C(CC)C1c2ccccc2-c2ccccc21. The maximum atomic E-state index is 2.41. The summed E-state index contributed by atoms with van der Waals surface area (Å²) in [6, 6.07) is 36.5. The number of rotatable bonds is 5. The molecule has 2 aliphatic carbocycles. The van der Waals surface area contributed by atoms with E-state index in [9.17, 15) is 0 Å². The van der Waals surface area contributed by atoms with E-state index in [-0.39, 0.29) is 0 Å². The van der Waals surface area contributed by atoms with Crippen molar-refractivity contribution in [2.45, 2.75) is 38.5 Å². The smallest absolute Gasteiger partial charge is 0.0133 e. The summed E-state index contributed by atoms with van der Waals surface area (Å²) in [4.78, 5) is 0. The number of hydrogen-bond acceptors (Lipinski definition) is 0. The Morgan fingerprint density at radius 2 is 0.688 bits per heavy atom. The van der Waals surface area contributed by atoms with Crippen molar-refractivity contribution in [2.75, 3.05) is 0 Å². The quantitative estimate of drug-likeness (QED) is 0.306. The topological polar surface area (TPSA) is 0 Å².